The molecule has 1 aromatic rings. The van der Waals surface area contributed by atoms with Gasteiger partial charge in [-0.1, -0.05) is 12.1 Å². The van der Waals surface area contributed by atoms with E-state index in [9.17, 15) is 8.78 Å². The van der Waals surface area contributed by atoms with Crippen LogP contribution in [0.2, 0.25) is 0 Å². The van der Waals surface area contributed by atoms with Gasteiger partial charge in [-0.15, -0.1) is 6.58 Å². The van der Waals surface area contributed by atoms with E-state index in [4.69, 9.17) is 5.84 Å². The van der Waals surface area contributed by atoms with Crippen molar-refractivity contribution in [3.05, 3.63) is 46.5 Å². The van der Waals surface area contributed by atoms with Gasteiger partial charge in [0.1, 0.15) is 0 Å². The maximum absolute atomic E-state index is 13.1. The smallest absolute Gasteiger partial charge is 0.173 e. The lowest BCUT2D eigenvalue weighted by atomic mass is 10.1. The largest absolute Gasteiger partial charge is 0.271 e. The van der Waals surface area contributed by atoms with Crippen LogP contribution in [-0.4, -0.2) is 0 Å². The summed E-state index contributed by atoms with van der Waals surface area (Å²) in [5.74, 6) is 3.39. The molecular weight excluding hydrogens is 254 g/mol. The van der Waals surface area contributed by atoms with Crippen LogP contribution in [0, 0.1) is 11.6 Å². The lowest BCUT2D eigenvalue weighted by Gasteiger charge is -2.13. The molecule has 2 nitrogen and oxygen atoms in total. The number of hydrogen-bond donors (Lipinski definition) is 2. The highest BCUT2D eigenvalue weighted by atomic mass is 79.9. The molecule has 0 radical (unpaired) electrons. The molecule has 0 fully saturated rings. The van der Waals surface area contributed by atoms with Gasteiger partial charge in [0.2, 0.25) is 0 Å². The molecule has 0 spiro atoms. The zero-order valence-electron chi connectivity index (χ0n) is 7.23. The molecule has 0 heterocycles. The molecule has 0 aliphatic heterocycles. The Morgan fingerprint density at radius 1 is 1.50 bits per heavy atom. The van der Waals surface area contributed by atoms with Gasteiger partial charge in [0.05, 0.1) is 10.5 Å². The molecule has 0 aromatic heterocycles. The molecule has 1 atom stereocenters. The summed E-state index contributed by atoms with van der Waals surface area (Å²) in [5, 5.41) is 0. The normalized spacial score (nSPS) is 12.6. The van der Waals surface area contributed by atoms with Gasteiger partial charge in [-0.05, 0) is 27.6 Å². The Balaban J connectivity index is 3.22. The van der Waals surface area contributed by atoms with E-state index in [1.54, 1.807) is 0 Å². The lowest BCUT2D eigenvalue weighted by molar-refractivity contribution is 0.499. The van der Waals surface area contributed by atoms with Gasteiger partial charge in [-0.25, -0.2) is 14.2 Å². The van der Waals surface area contributed by atoms with Crippen LogP contribution in [0.5, 0.6) is 0 Å². The maximum Gasteiger partial charge on any atom is 0.173 e. The zero-order chi connectivity index (χ0) is 10.7. The van der Waals surface area contributed by atoms with Crippen LogP contribution in [0.3, 0.4) is 0 Å². The van der Waals surface area contributed by atoms with Crippen molar-refractivity contribution in [1.82, 2.24) is 5.43 Å². The zero-order valence-corrected chi connectivity index (χ0v) is 8.81. The third kappa shape index (κ3) is 2.00. The molecule has 76 valence electrons. The summed E-state index contributed by atoms with van der Waals surface area (Å²) < 4.78 is 25.9. The SMILES string of the molecule is C=CC(NN)c1ccc(F)c(F)c1Br. The van der Waals surface area contributed by atoms with E-state index in [0.717, 1.165) is 6.07 Å². The highest BCUT2D eigenvalue weighted by Gasteiger charge is 2.15. The van der Waals surface area contributed by atoms with Gasteiger partial charge in [-0.3, -0.25) is 5.84 Å². The summed E-state index contributed by atoms with van der Waals surface area (Å²) in [6, 6.07) is 2.07. The Bertz CT molecular complexity index is 355. The van der Waals surface area contributed by atoms with Crippen LogP contribution < -0.4 is 11.3 Å². The van der Waals surface area contributed by atoms with Crippen LogP contribution in [0.4, 0.5) is 8.78 Å². The molecule has 5 heteroatoms. The average molecular weight is 263 g/mol. The van der Waals surface area contributed by atoms with Crippen molar-refractivity contribution < 1.29 is 8.78 Å². The first kappa shape index (κ1) is 11.3. The molecule has 1 unspecified atom stereocenters. The van der Waals surface area contributed by atoms with Gasteiger partial charge in [0, 0.05) is 0 Å². The molecule has 1 aromatic carbocycles. The second kappa shape index (κ2) is 4.63. The molecule has 0 amide bonds. The first-order chi connectivity index (χ1) is 6.61. The summed E-state index contributed by atoms with van der Waals surface area (Å²) >= 11 is 2.95. The highest BCUT2D eigenvalue weighted by Crippen LogP contribution is 2.27. The third-order valence-electron chi connectivity index (χ3n) is 1.82. The minimum absolute atomic E-state index is 0.0559. The minimum Gasteiger partial charge on any atom is -0.271 e. The Morgan fingerprint density at radius 3 is 2.64 bits per heavy atom. The van der Waals surface area contributed by atoms with E-state index in [1.165, 1.54) is 12.1 Å². The maximum atomic E-state index is 13.1. The molecule has 14 heavy (non-hydrogen) atoms. The monoisotopic (exact) mass is 262 g/mol. The fourth-order valence-electron chi connectivity index (χ4n) is 1.07. The Labute approximate surface area is 88.9 Å². The number of hydrogen-bond acceptors (Lipinski definition) is 2. The first-order valence-corrected chi connectivity index (χ1v) is 4.63. The van der Waals surface area contributed by atoms with Gasteiger partial charge in [0.15, 0.2) is 11.6 Å². The second-order valence-electron chi connectivity index (χ2n) is 2.64. The Hall–Kier alpha value is -0.780. The van der Waals surface area contributed by atoms with Crippen LogP contribution in [0.15, 0.2) is 29.3 Å². The van der Waals surface area contributed by atoms with Crippen molar-refractivity contribution in [2.45, 2.75) is 6.04 Å². The Morgan fingerprint density at radius 2 is 2.14 bits per heavy atom. The van der Waals surface area contributed by atoms with Gasteiger partial charge in [0.25, 0.3) is 0 Å². The van der Waals surface area contributed by atoms with Crippen molar-refractivity contribution in [2.24, 2.45) is 5.84 Å². The molecule has 0 aliphatic carbocycles. The van der Waals surface area contributed by atoms with E-state index in [-0.39, 0.29) is 4.47 Å². The molecule has 0 saturated heterocycles. The highest BCUT2D eigenvalue weighted by molar-refractivity contribution is 9.10. The molecule has 0 aliphatic rings. The summed E-state index contributed by atoms with van der Waals surface area (Å²) in [6.45, 7) is 3.52. The van der Waals surface area contributed by atoms with Crippen LogP contribution in [0.25, 0.3) is 0 Å². The molecule has 1 rings (SSSR count). The standard InChI is InChI=1S/C9H9BrF2N2/c1-2-7(14-13)5-3-4-6(11)9(12)8(5)10/h2-4,7,14H,1,13H2. The fraction of sp³-hybridized carbons (Fsp3) is 0.111. The summed E-state index contributed by atoms with van der Waals surface area (Å²) in [6.07, 6.45) is 1.50. The van der Waals surface area contributed by atoms with E-state index in [1.807, 2.05) is 0 Å². The van der Waals surface area contributed by atoms with Crippen molar-refractivity contribution in [1.29, 1.82) is 0 Å². The van der Waals surface area contributed by atoms with E-state index in [0.29, 0.717) is 5.56 Å². The van der Waals surface area contributed by atoms with Crippen molar-refractivity contribution in [3.63, 3.8) is 0 Å². The molecule has 0 bridgehead atoms. The van der Waals surface area contributed by atoms with Crippen molar-refractivity contribution in [3.8, 4) is 0 Å². The average Bonchev–Trinajstić information content (AvgIpc) is 2.19. The topological polar surface area (TPSA) is 38.0 Å². The van der Waals surface area contributed by atoms with Crippen molar-refractivity contribution >= 4 is 15.9 Å². The number of rotatable bonds is 3. The van der Waals surface area contributed by atoms with Crippen LogP contribution in [0.1, 0.15) is 11.6 Å². The number of benzene rings is 1. The van der Waals surface area contributed by atoms with Gasteiger partial charge >= 0.3 is 0 Å². The molecule has 0 saturated carbocycles. The van der Waals surface area contributed by atoms with E-state index >= 15 is 0 Å². The van der Waals surface area contributed by atoms with E-state index < -0.39 is 17.7 Å². The fourth-order valence-corrected chi connectivity index (χ4v) is 1.63. The van der Waals surface area contributed by atoms with Gasteiger partial charge in [-0.2, -0.15) is 0 Å². The molecule has 3 N–H and O–H groups in total. The lowest BCUT2D eigenvalue weighted by Crippen LogP contribution is -2.26. The quantitative estimate of drug-likeness (QED) is 0.380. The van der Waals surface area contributed by atoms with Crippen LogP contribution >= 0.6 is 15.9 Å². The number of nitrogens with two attached hydrogens (primary N) is 1. The summed E-state index contributed by atoms with van der Waals surface area (Å²) in [4.78, 5) is 0. The van der Waals surface area contributed by atoms with Gasteiger partial charge < -0.3 is 0 Å². The van der Waals surface area contributed by atoms with Crippen molar-refractivity contribution in [2.75, 3.05) is 0 Å². The second-order valence-corrected chi connectivity index (χ2v) is 3.44. The predicted molar refractivity (Wildman–Crippen MR) is 54.3 cm³/mol. The third-order valence-corrected chi connectivity index (χ3v) is 2.62. The number of halogens is 3. The van der Waals surface area contributed by atoms with Crippen LogP contribution in [-0.2, 0) is 0 Å². The Kier molecular flexibility index (Phi) is 3.74. The molecular formula is C9H9BrF2N2. The minimum atomic E-state index is -0.926. The number of nitrogens with one attached hydrogen (secondary N) is 1. The first-order valence-electron chi connectivity index (χ1n) is 3.84. The summed E-state index contributed by atoms with van der Waals surface area (Å²) in [5.41, 5.74) is 2.92. The predicted octanol–water partition coefficient (Wildman–Crippen LogP) is 2.42. The number of hydrazine groups is 1. The van der Waals surface area contributed by atoms with E-state index in [2.05, 4.69) is 27.9 Å². The summed E-state index contributed by atoms with van der Waals surface area (Å²) in [7, 11) is 0.